The number of nitrogens with one attached hydrogen (secondary N) is 1. The van der Waals surface area contributed by atoms with E-state index in [1.807, 2.05) is 31.2 Å². The molecular formula is C20H20N2O4S2. The van der Waals surface area contributed by atoms with Gasteiger partial charge in [-0.05, 0) is 55.0 Å². The molecule has 28 heavy (non-hydrogen) atoms. The van der Waals surface area contributed by atoms with Crippen molar-refractivity contribution in [1.82, 2.24) is 4.31 Å². The van der Waals surface area contributed by atoms with E-state index in [1.54, 1.807) is 0 Å². The highest BCUT2D eigenvalue weighted by atomic mass is 32.2. The molecule has 1 aliphatic heterocycles. The van der Waals surface area contributed by atoms with Crippen molar-refractivity contribution in [2.24, 2.45) is 0 Å². The highest BCUT2D eigenvalue weighted by molar-refractivity contribution is 7.89. The number of sulfonamides is 1. The SMILES string of the molecule is Cc1c(C(=O)Nc2cc(S(=O)(=O)N3CCCC3)ccc2O)sc2ccccc12. The molecule has 8 heteroatoms. The minimum absolute atomic E-state index is 0.0653. The molecular weight excluding hydrogens is 396 g/mol. The van der Waals surface area contributed by atoms with E-state index in [4.69, 9.17) is 0 Å². The zero-order valence-corrected chi connectivity index (χ0v) is 16.9. The second-order valence-electron chi connectivity index (χ2n) is 6.80. The maximum absolute atomic E-state index is 12.8. The first-order valence-electron chi connectivity index (χ1n) is 9.00. The average molecular weight is 417 g/mol. The summed E-state index contributed by atoms with van der Waals surface area (Å²) in [5, 5.41) is 13.8. The Morgan fingerprint density at radius 2 is 1.86 bits per heavy atom. The lowest BCUT2D eigenvalue weighted by atomic mass is 10.1. The first kappa shape index (κ1) is 18.9. The van der Waals surface area contributed by atoms with Gasteiger partial charge in [-0.25, -0.2) is 8.42 Å². The fraction of sp³-hybridized carbons (Fsp3) is 0.250. The summed E-state index contributed by atoms with van der Waals surface area (Å²) < 4.78 is 27.9. The molecule has 1 aromatic heterocycles. The van der Waals surface area contributed by atoms with E-state index >= 15 is 0 Å². The van der Waals surface area contributed by atoms with Gasteiger partial charge in [-0.15, -0.1) is 11.3 Å². The Kier molecular flexibility index (Phi) is 4.86. The van der Waals surface area contributed by atoms with Crippen LogP contribution in [0, 0.1) is 6.92 Å². The van der Waals surface area contributed by atoms with Gasteiger partial charge in [0.15, 0.2) is 0 Å². The van der Waals surface area contributed by atoms with Crippen LogP contribution in [0.25, 0.3) is 10.1 Å². The zero-order chi connectivity index (χ0) is 19.9. The molecule has 0 atom stereocenters. The van der Waals surface area contributed by atoms with E-state index in [2.05, 4.69) is 5.32 Å². The van der Waals surface area contributed by atoms with Crippen molar-refractivity contribution in [3.05, 3.63) is 52.9 Å². The van der Waals surface area contributed by atoms with E-state index in [0.717, 1.165) is 28.5 Å². The predicted molar refractivity (Wildman–Crippen MR) is 111 cm³/mol. The van der Waals surface area contributed by atoms with Gasteiger partial charge in [0.25, 0.3) is 5.91 Å². The van der Waals surface area contributed by atoms with Crippen molar-refractivity contribution >= 4 is 43.0 Å². The van der Waals surface area contributed by atoms with Crippen LogP contribution >= 0.6 is 11.3 Å². The van der Waals surface area contributed by atoms with Crippen LogP contribution in [0.15, 0.2) is 47.4 Å². The molecule has 1 saturated heterocycles. The van der Waals surface area contributed by atoms with Gasteiger partial charge in [-0.1, -0.05) is 18.2 Å². The van der Waals surface area contributed by atoms with Gasteiger partial charge in [0.1, 0.15) is 5.75 Å². The van der Waals surface area contributed by atoms with Crippen LogP contribution in [0.5, 0.6) is 5.75 Å². The number of fused-ring (bicyclic) bond motifs is 1. The second-order valence-corrected chi connectivity index (χ2v) is 9.79. The quantitative estimate of drug-likeness (QED) is 0.631. The molecule has 1 aliphatic rings. The summed E-state index contributed by atoms with van der Waals surface area (Å²) in [5.41, 5.74) is 0.945. The maximum atomic E-state index is 12.8. The molecule has 2 N–H and O–H groups in total. The van der Waals surface area contributed by atoms with Crippen LogP contribution in [0.1, 0.15) is 28.1 Å². The lowest BCUT2D eigenvalue weighted by molar-refractivity contribution is 0.102. The number of thiophene rings is 1. The Balaban J connectivity index is 1.65. The second kappa shape index (κ2) is 7.20. The number of aromatic hydroxyl groups is 1. The Bertz CT molecular complexity index is 1160. The van der Waals surface area contributed by atoms with Crippen molar-refractivity contribution in [2.45, 2.75) is 24.7 Å². The van der Waals surface area contributed by atoms with Crippen molar-refractivity contribution in [3.8, 4) is 5.75 Å². The van der Waals surface area contributed by atoms with Gasteiger partial charge < -0.3 is 10.4 Å². The van der Waals surface area contributed by atoms with Crippen LogP contribution in [0.4, 0.5) is 5.69 Å². The summed E-state index contributed by atoms with van der Waals surface area (Å²) in [5.74, 6) is -0.544. The van der Waals surface area contributed by atoms with Gasteiger partial charge in [0.05, 0.1) is 15.5 Å². The van der Waals surface area contributed by atoms with Crippen molar-refractivity contribution < 1.29 is 18.3 Å². The molecule has 146 valence electrons. The van der Waals surface area contributed by atoms with Gasteiger partial charge >= 0.3 is 0 Å². The molecule has 6 nitrogen and oxygen atoms in total. The Hall–Kier alpha value is -2.42. The number of rotatable bonds is 4. The predicted octanol–water partition coefficient (Wildman–Crippen LogP) is 3.95. The summed E-state index contributed by atoms with van der Waals surface area (Å²) in [6.07, 6.45) is 1.68. The Morgan fingerprint density at radius 1 is 1.14 bits per heavy atom. The molecule has 0 bridgehead atoms. The lowest BCUT2D eigenvalue weighted by Crippen LogP contribution is -2.28. The van der Waals surface area contributed by atoms with Crippen molar-refractivity contribution in [2.75, 3.05) is 18.4 Å². The monoisotopic (exact) mass is 416 g/mol. The molecule has 4 rings (SSSR count). The minimum atomic E-state index is -3.63. The summed E-state index contributed by atoms with van der Waals surface area (Å²) in [4.78, 5) is 13.4. The molecule has 0 spiro atoms. The highest BCUT2D eigenvalue weighted by Crippen LogP contribution is 2.33. The van der Waals surface area contributed by atoms with Gasteiger partial charge in [0.2, 0.25) is 10.0 Å². The third kappa shape index (κ3) is 3.28. The number of carbonyl (C=O) groups is 1. The molecule has 0 radical (unpaired) electrons. The van der Waals surface area contributed by atoms with Crippen LogP contribution in [0.2, 0.25) is 0 Å². The third-order valence-corrected chi connectivity index (χ3v) is 8.14. The molecule has 1 fully saturated rings. The molecule has 1 amide bonds. The number of anilines is 1. The summed E-state index contributed by atoms with van der Waals surface area (Å²) in [6, 6.07) is 11.7. The molecule has 0 unspecified atom stereocenters. The van der Waals surface area contributed by atoms with E-state index in [-0.39, 0.29) is 22.2 Å². The molecule has 2 aromatic carbocycles. The van der Waals surface area contributed by atoms with Crippen LogP contribution in [-0.2, 0) is 10.0 Å². The number of amides is 1. The number of phenols is 1. The fourth-order valence-electron chi connectivity index (χ4n) is 3.42. The number of benzene rings is 2. The number of aryl methyl sites for hydroxylation is 1. The van der Waals surface area contributed by atoms with E-state index in [0.29, 0.717) is 18.0 Å². The van der Waals surface area contributed by atoms with E-state index in [1.165, 1.54) is 33.8 Å². The summed E-state index contributed by atoms with van der Waals surface area (Å²) in [7, 11) is -3.63. The number of hydrogen-bond donors (Lipinski definition) is 2. The van der Waals surface area contributed by atoms with Crippen LogP contribution < -0.4 is 5.32 Å². The van der Waals surface area contributed by atoms with E-state index in [9.17, 15) is 18.3 Å². The fourth-order valence-corrected chi connectivity index (χ4v) is 6.07. The first-order chi connectivity index (χ1) is 13.4. The smallest absolute Gasteiger partial charge is 0.266 e. The molecule has 2 heterocycles. The Morgan fingerprint density at radius 3 is 2.57 bits per heavy atom. The zero-order valence-electron chi connectivity index (χ0n) is 15.3. The van der Waals surface area contributed by atoms with Crippen molar-refractivity contribution in [3.63, 3.8) is 0 Å². The lowest BCUT2D eigenvalue weighted by Gasteiger charge is -2.16. The van der Waals surface area contributed by atoms with Crippen LogP contribution in [0.3, 0.4) is 0 Å². The Labute approximate surface area is 167 Å². The topological polar surface area (TPSA) is 86.7 Å². The number of phenolic OH excluding ortho intramolecular Hbond substituents is 1. The summed E-state index contributed by atoms with van der Waals surface area (Å²) in [6.45, 7) is 2.86. The van der Waals surface area contributed by atoms with Crippen molar-refractivity contribution in [1.29, 1.82) is 0 Å². The molecule has 0 aliphatic carbocycles. The number of hydrogen-bond acceptors (Lipinski definition) is 5. The number of nitrogens with zero attached hydrogens (tertiary/aromatic N) is 1. The van der Waals surface area contributed by atoms with Crippen LogP contribution in [-0.4, -0.2) is 36.8 Å². The van der Waals surface area contributed by atoms with Gasteiger partial charge in [0, 0.05) is 17.8 Å². The molecule has 3 aromatic rings. The maximum Gasteiger partial charge on any atom is 0.266 e. The normalized spacial score (nSPS) is 15.2. The van der Waals surface area contributed by atoms with Gasteiger partial charge in [-0.2, -0.15) is 4.31 Å². The summed E-state index contributed by atoms with van der Waals surface area (Å²) >= 11 is 1.37. The third-order valence-electron chi connectivity index (χ3n) is 4.97. The van der Waals surface area contributed by atoms with E-state index < -0.39 is 10.0 Å². The highest BCUT2D eigenvalue weighted by Gasteiger charge is 2.28. The van der Waals surface area contributed by atoms with Gasteiger partial charge in [-0.3, -0.25) is 4.79 Å². The standard InChI is InChI=1S/C20H20N2O4S2/c1-13-15-6-2-3-7-18(15)27-19(13)20(24)21-16-12-14(8-9-17(16)23)28(25,26)22-10-4-5-11-22/h2-3,6-9,12,23H,4-5,10-11H2,1H3,(H,21,24). The molecule has 0 saturated carbocycles. The minimum Gasteiger partial charge on any atom is -0.506 e. The average Bonchev–Trinajstić information content (AvgIpc) is 3.33. The number of carbonyl (C=O) groups excluding carboxylic acids is 1. The first-order valence-corrected chi connectivity index (χ1v) is 11.3. The largest absolute Gasteiger partial charge is 0.506 e.